The summed E-state index contributed by atoms with van der Waals surface area (Å²) in [4.78, 5) is 43.6. The SMILES string of the molecule is CC1OC2C(=O)OC(=O)C2OC1C(=O)OC=O. The first-order valence-corrected chi connectivity index (χ1v) is 4.75. The van der Waals surface area contributed by atoms with E-state index < -0.39 is 42.3 Å². The van der Waals surface area contributed by atoms with Crippen molar-refractivity contribution in [1.29, 1.82) is 0 Å². The Morgan fingerprint density at radius 1 is 1.24 bits per heavy atom. The van der Waals surface area contributed by atoms with Crippen LogP contribution in [-0.2, 0) is 38.1 Å². The molecule has 8 nitrogen and oxygen atoms in total. The molecular weight excluding hydrogens is 236 g/mol. The molecule has 2 saturated heterocycles. The molecule has 2 fully saturated rings. The lowest BCUT2D eigenvalue weighted by Gasteiger charge is -2.32. The Hall–Kier alpha value is -1.80. The van der Waals surface area contributed by atoms with Gasteiger partial charge in [0.2, 0.25) is 0 Å². The van der Waals surface area contributed by atoms with E-state index in [1.165, 1.54) is 6.92 Å². The minimum Gasteiger partial charge on any atom is -0.393 e. The monoisotopic (exact) mass is 244 g/mol. The zero-order chi connectivity index (χ0) is 12.6. The lowest BCUT2D eigenvalue weighted by molar-refractivity contribution is -0.213. The Morgan fingerprint density at radius 2 is 1.82 bits per heavy atom. The molecule has 17 heavy (non-hydrogen) atoms. The van der Waals surface area contributed by atoms with Gasteiger partial charge in [-0.15, -0.1) is 0 Å². The van der Waals surface area contributed by atoms with E-state index in [1.54, 1.807) is 0 Å². The molecule has 2 rings (SSSR count). The predicted octanol–water partition coefficient (Wildman–Crippen LogP) is -1.69. The minimum atomic E-state index is -1.29. The molecule has 0 saturated carbocycles. The maximum absolute atomic E-state index is 11.3. The number of rotatable bonds is 2. The van der Waals surface area contributed by atoms with Gasteiger partial charge in [0.15, 0.2) is 18.3 Å². The summed E-state index contributed by atoms with van der Waals surface area (Å²) >= 11 is 0. The van der Waals surface area contributed by atoms with Crippen molar-refractivity contribution in [3.8, 4) is 0 Å². The molecule has 0 amide bonds. The fourth-order valence-electron chi connectivity index (χ4n) is 1.65. The van der Waals surface area contributed by atoms with Crippen molar-refractivity contribution in [1.82, 2.24) is 0 Å². The number of hydrogen-bond donors (Lipinski definition) is 0. The van der Waals surface area contributed by atoms with Crippen LogP contribution in [0.3, 0.4) is 0 Å². The van der Waals surface area contributed by atoms with Crippen LogP contribution in [-0.4, -0.2) is 48.8 Å². The third kappa shape index (κ3) is 1.92. The Morgan fingerprint density at radius 3 is 2.41 bits per heavy atom. The molecule has 4 unspecified atom stereocenters. The van der Waals surface area contributed by atoms with Crippen LogP contribution in [0.4, 0.5) is 0 Å². The summed E-state index contributed by atoms with van der Waals surface area (Å²) in [5.74, 6) is -2.76. The van der Waals surface area contributed by atoms with E-state index in [-0.39, 0.29) is 6.47 Å². The molecule has 0 spiro atoms. The molecule has 2 aliphatic rings. The van der Waals surface area contributed by atoms with Gasteiger partial charge in [-0.25, -0.2) is 14.4 Å². The Bertz CT molecular complexity index is 388. The van der Waals surface area contributed by atoms with Gasteiger partial charge >= 0.3 is 24.4 Å². The second-order valence-corrected chi connectivity index (χ2v) is 3.51. The van der Waals surface area contributed by atoms with E-state index >= 15 is 0 Å². The normalized spacial score (nSPS) is 36.1. The topological polar surface area (TPSA) is 105 Å². The van der Waals surface area contributed by atoms with Crippen molar-refractivity contribution in [2.24, 2.45) is 0 Å². The zero-order valence-corrected chi connectivity index (χ0v) is 8.65. The summed E-state index contributed by atoms with van der Waals surface area (Å²) in [7, 11) is 0. The zero-order valence-electron chi connectivity index (χ0n) is 8.65. The fourth-order valence-corrected chi connectivity index (χ4v) is 1.65. The van der Waals surface area contributed by atoms with Crippen molar-refractivity contribution >= 4 is 24.4 Å². The molecule has 0 N–H and O–H groups in total. The van der Waals surface area contributed by atoms with Gasteiger partial charge in [-0.05, 0) is 6.92 Å². The van der Waals surface area contributed by atoms with Crippen LogP contribution in [0.15, 0.2) is 0 Å². The van der Waals surface area contributed by atoms with E-state index in [1.807, 2.05) is 0 Å². The van der Waals surface area contributed by atoms with Crippen LogP contribution < -0.4 is 0 Å². The minimum absolute atomic E-state index is 0.0530. The smallest absolute Gasteiger partial charge is 0.346 e. The summed E-state index contributed by atoms with van der Waals surface area (Å²) in [6, 6.07) is 0. The second-order valence-electron chi connectivity index (χ2n) is 3.51. The second kappa shape index (κ2) is 4.22. The van der Waals surface area contributed by atoms with Crippen LogP contribution in [0.5, 0.6) is 0 Å². The van der Waals surface area contributed by atoms with Crippen LogP contribution in [0.1, 0.15) is 6.92 Å². The Balaban J connectivity index is 2.14. The van der Waals surface area contributed by atoms with E-state index in [0.717, 1.165) is 0 Å². The summed E-state index contributed by atoms with van der Waals surface area (Å²) in [6.07, 6.45) is -4.54. The average molecular weight is 244 g/mol. The van der Waals surface area contributed by atoms with E-state index in [2.05, 4.69) is 9.47 Å². The number of esters is 3. The lowest BCUT2D eigenvalue weighted by atomic mass is 10.1. The van der Waals surface area contributed by atoms with Gasteiger partial charge in [0, 0.05) is 0 Å². The summed E-state index contributed by atoms with van der Waals surface area (Å²) < 4.78 is 18.6. The molecule has 0 radical (unpaired) electrons. The molecule has 2 aliphatic heterocycles. The first-order chi connectivity index (χ1) is 8.04. The van der Waals surface area contributed by atoms with E-state index in [4.69, 9.17) is 9.47 Å². The molecule has 0 aromatic carbocycles. The molecule has 4 atom stereocenters. The Labute approximate surface area is 94.7 Å². The highest BCUT2D eigenvalue weighted by atomic mass is 16.7. The number of carbonyl (C=O) groups excluding carboxylic acids is 4. The van der Waals surface area contributed by atoms with E-state index in [0.29, 0.717) is 0 Å². The molecule has 0 aliphatic carbocycles. The van der Waals surface area contributed by atoms with Gasteiger partial charge in [0.25, 0.3) is 0 Å². The molecule has 0 bridgehead atoms. The third-order valence-electron chi connectivity index (χ3n) is 2.42. The maximum atomic E-state index is 11.3. The average Bonchev–Trinajstić information content (AvgIpc) is 2.53. The van der Waals surface area contributed by atoms with Gasteiger partial charge in [-0.3, -0.25) is 4.79 Å². The molecule has 92 valence electrons. The number of hydrogen-bond acceptors (Lipinski definition) is 8. The highest BCUT2D eigenvalue weighted by Gasteiger charge is 2.54. The summed E-state index contributed by atoms with van der Waals surface area (Å²) in [6.45, 7) is 1.39. The highest BCUT2D eigenvalue weighted by molar-refractivity contribution is 6.00. The van der Waals surface area contributed by atoms with Crippen LogP contribution >= 0.6 is 0 Å². The number of carbonyl (C=O) groups is 4. The molecule has 0 aromatic heterocycles. The van der Waals surface area contributed by atoms with Crippen LogP contribution in [0.2, 0.25) is 0 Å². The number of ether oxygens (including phenoxy) is 4. The first-order valence-electron chi connectivity index (χ1n) is 4.75. The quantitative estimate of drug-likeness (QED) is 0.322. The molecular formula is C9H8O8. The summed E-state index contributed by atoms with van der Waals surface area (Å²) in [5, 5.41) is 0. The standard InChI is InChI=1S/C9H8O8/c1-3-4(7(11)14-2-10)16-6-5(15-3)8(12)17-9(6)13/h2-6H,1H3. The van der Waals surface area contributed by atoms with Gasteiger partial charge in [0.05, 0.1) is 6.10 Å². The largest absolute Gasteiger partial charge is 0.393 e. The van der Waals surface area contributed by atoms with Crippen LogP contribution in [0.25, 0.3) is 0 Å². The fraction of sp³-hybridized carbons (Fsp3) is 0.556. The number of fused-ring (bicyclic) bond motifs is 1. The lowest BCUT2D eigenvalue weighted by Crippen LogP contribution is -2.52. The highest BCUT2D eigenvalue weighted by Crippen LogP contribution is 2.27. The van der Waals surface area contributed by atoms with E-state index in [9.17, 15) is 19.2 Å². The van der Waals surface area contributed by atoms with Crippen molar-refractivity contribution in [3.63, 3.8) is 0 Å². The van der Waals surface area contributed by atoms with Crippen LogP contribution in [0, 0.1) is 0 Å². The van der Waals surface area contributed by atoms with Gasteiger partial charge in [-0.2, -0.15) is 0 Å². The molecule has 0 aromatic rings. The van der Waals surface area contributed by atoms with Crippen molar-refractivity contribution < 1.29 is 38.1 Å². The third-order valence-corrected chi connectivity index (χ3v) is 2.42. The molecule has 8 heteroatoms. The predicted molar refractivity (Wildman–Crippen MR) is 46.3 cm³/mol. The van der Waals surface area contributed by atoms with Gasteiger partial charge in [-0.1, -0.05) is 0 Å². The maximum Gasteiger partial charge on any atom is 0.346 e. The Kier molecular flexibility index (Phi) is 2.90. The summed E-state index contributed by atoms with van der Waals surface area (Å²) in [5.41, 5.74) is 0. The van der Waals surface area contributed by atoms with Crippen molar-refractivity contribution in [2.75, 3.05) is 0 Å². The molecule has 2 heterocycles. The number of cyclic esters (lactones) is 2. The first kappa shape index (κ1) is 11.7. The van der Waals surface area contributed by atoms with Gasteiger partial charge < -0.3 is 18.9 Å². The van der Waals surface area contributed by atoms with Crippen molar-refractivity contribution in [3.05, 3.63) is 0 Å². The van der Waals surface area contributed by atoms with Gasteiger partial charge in [0.1, 0.15) is 0 Å². The van der Waals surface area contributed by atoms with Crippen molar-refractivity contribution in [2.45, 2.75) is 31.3 Å².